The van der Waals surface area contributed by atoms with Crippen LogP contribution < -0.4 is 5.73 Å². The molecule has 0 amide bonds. The van der Waals surface area contributed by atoms with Crippen molar-refractivity contribution in [2.75, 3.05) is 33.7 Å². The van der Waals surface area contributed by atoms with E-state index < -0.39 is 0 Å². The van der Waals surface area contributed by atoms with Crippen molar-refractivity contribution in [3.63, 3.8) is 0 Å². The molecule has 0 saturated carbocycles. The van der Waals surface area contributed by atoms with Crippen LogP contribution in [0.25, 0.3) is 0 Å². The summed E-state index contributed by atoms with van der Waals surface area (Å²) in [7, 11) is 4.40. The van der Waals surface area contributed by atoms with Gasteiger partial charge in [0, 0.05) is 37.4 Å². The molecular formula is C14H27N5. The van der Waals surface area contributed by atoms with Crippen molar-refractivity contribution in [1.82, 2.24) is 19.6 Å². The summed E-state index contributed by atoms with van der Waals surface area (Å²) in [5, 5.41) is 4.37. The Labute approximate surface area is 116 Å². The maximum Gasteiger partial charge on any atom is 0.0538 e. The van der Waals surface area contributed by atoms with Crippen LogP contribution in [-0.2, 0) is 6.54 Å². The number of likely N-dealkylation sites (N-methyl/N-ethyl adjacent to an activating group) is 2. The van der Waals surface area contributed by atoms with Crippen LogP contribution in [0.5, 0.6) is 0 Å². The van der Waals surface area contributed by atoms with E-state index >= 15 is 0 Å². The van der Waals surface area contributed by atoms with Gasteiger partial charge in [-0.15, -0.1) is 0 Å². The molecule has 0 bridgehead atoms. The van der Waals surface area contributed by atoms with Crippen LogP contribution in [0.1, 0.15) is 31.4 Å². The molecule has 108 valence electrons. The summed E-state index contributed by atoms with van der Waals surface area (Å²) in [5.74, 6) is 0. The molecule has 1 fully saturated rings. The van der Waals surface area contributed by atoms with Crippen molar-refractivity contribution in [2.24, 2.45) is 5.73 Å². The van der Waals surface area contributed by atoms with Gasteiger partial charge in [-0.3, -0.25) is 9.58 Å². The second-order valence-corrected chi connectivity index (χ2v) is 5.60. The highest BCUT2D eigenvalue weighted by molar-refractivity contribution is 5.11. The Morgan fingerprint density at radius 2 is 2.37 bits per heavy atom. The van der Waals surface area contributed by atoms with Gasteiger partial charge in [0.15, 0.2) is 0 Å². The topological polar surface area (TPSA) is 50.3 Å². The largest absolute Gasteiger partial charge is 0.329 e. The summed E-state index contributed by atoms with van der Waals surface area (Å²) < 4.78 is 1.97. The number of hydrogen-bond acceptors (Lipinski definition) is 4. The van der Waals surface area contributed by atoms with Gasteiger partial charge in [0.05, 0.1) is 12.2 Å². The predicted molar refractivity (Wildman–Crippen MR) is 78.0 cm³/mol. The standard InChI is InChI=1S/C14H27N5/c1-4-19-10-12(9-16-19)14(8-15)18(3)13-6-5-7-17(2)11-13/h9-10,13-14H,4-8,11,15H2,1-3H3. The molecule has 5 nitrogen and oxygen atoms in total. The molecule has 0 aliphatic carbocycles. The lowest BCUT2D eigenvalue weighted by Crippen LogP contribution is -2.47. The van der Waals surface area contributed by atoms with Crippen LogP contribution in [0, 0.1) is 0 Å². The third-order valence-electron chi connectivity index (χ3n) is 4.25. The lowest BCUT2D eigenvalue weighted by molar-refractivity contribution is 0.101. The van der Waals surface area contributed by atoms with Crippen LogP contribution in [0.3, 0.4) is 0 Å². The van der Waals surface area contributed by atoms with Gasteiger partial charge >= 0.3 is 0 Å². The summed E-state index contributed by atoms with van der Waals surface area (Å²) >= 11 is 0. The van der Waals surface area contributed by atoms with Gasteiger partial charge in [0.25, 0.3) is 0 Å². The summed E-state index contributed by atoms with van der Waals surface area (Å²) in [6, 6.07) is 0.870. The smallest absolute Gasteiger partial charge is 0.0538 e. The lowest BCUT2D eigenvalue weighted by Gasteiger charge is -2.39. The van der Waals surface area contributed by atoms with Gasteiger partial charge in [-0.2, -0.15) is 5.10 Å². The Balaban J connectivity index is 2.07. The Morgan fingerprint density at radius 1 is 1.58 bits per heavy atom. The highest BCUT2D eigenvalue weighted by atomic mass is 15.3. The quantitative estimate of drug-likeness (QED) is 0.860. The van der Waals surface area contributed by atoms with Gasteiger partial charge in [-0.25, -0.2) is 0 Å². The zero-order valence-electron chi connectivity index (χ0n) is 12.4. The Bertz CT molecular complexity index is 389. The third kappa shape index (κ3) is 3.35. The van der Waals surface area contributed by atoms with E-state index in [0.29, 0.717) is 12.6 Å². The third-order valence-corrected chi connectivity index (χ3v) is 4.25. The first-order valence-corrected chi connectivity index (χ1v) is 7.28. The van der Waals surface area contributed by atoms with E-state index in [1.54, 1.807) is 0 Å². The maximum absolute atomic E-state index is 6.01. The minimum Gasteiger partial charge on any atom is -0.329 e. The molecule has 1 aliphatic rings. The van der Waals surface area contributed by atoms with Crippen molar-refractivity contribution in [3.05, 3.63) is 18.0 Å². The summed E-state index contributed by atoms with van der Waals surface area (Å²) in [6.07, 6.45) is 6.63. The van der Waals surface area contributed by atoms with E-state index in [0.717, 1.165) is 13.1 Å². The van der Waals surface area contributed by atoms with E-state index in [1.807, 2.05) is 10.9 Å². The molecule has 0 radical (unpaired) electrons. The maximum atomic E-state index is 6.01. The Kier molecular flexibility index (Phi) is 4.96. The fraction of sp³-hybridized carbons (Fsp3) is 0.786. The van der Waals surface area contributed by atoms with Crippen molar-refractivity contribution in [2.45, 2.75) is 38.4 Å². The molecule has 2 atom stereocenters. The fourth-order valence-corrected chi connectivity index (χ4v) is 2.99. The molecule has 1 aromatic rings. The number of piperidine rings is 1. The van der Waals surface area contributed by atoms with Crippen LogP contribution in [-0.4, -0.2) is 59.4 Å². The summed E-state index contributed by atoms with van der Waals surface area (Å²) in [4.78, 5) is 4.85. The first-order valence-electron chi connectivity index (χ1n) is 7.28. The lowest BCUT2D eigenvalue weighted by atomic mass is 10.0. The number of aryl methyl sites for hydroxylation is 1. The van der Waals surface area contributed by atoms with Crippen LogP contribution >= 0.6 is 0 Å². The Morgan fingerprint density at radius 3 is 2.95 bits per heavy atom. The highest BCUT2D eigenvalue weighted by Crippen LogP contribution is 2.24. The van der Waals surface area contributed by atoms with E-state index in [1.165, 1.54) is 24.9 Å². The van der Waals surface area contributed by atoms with Gasteiger partial charge < -0.3 is 10.6 Å². The van der Waals surface area contributed by atoms with Crippen molar-refractivity contribution in [1.29, 1.82) is 0 Å². The molecule has 1 aliphatic heterocycles. The van der Waals surface area contributed by atoms with E-state index in [-0.39, 0.29) is 6.04 Å². The average Bonchev–Trinajstić information content (AvgIpc) is 2.88. The molecule has 0 aromatic carbocycles. The number of nitrogens with zero attached hydrogens (tertiary/aromatic N) is 4. The number of hydrogen-bond donors (Lipinski definition) is 1. The van der Waals surface area contributed by atoms with Crippen molar-refractivity contribution < 1.29 is 0 Å². The van der Waals surface area contributed by atoms with Crippen molar-refractivity contribution in [3.8, 4) is 0 Å². The number of nitrogens with two attached hydrogens (primary N) is 1. The van der Waals surface area contributed by atoms with Gasteiger partial charge in [-0.05, 0) is 40.4 Å². The second kappa shape index (κ2) is 6.50. The van der Waals surface area contributed by atoms with Crippen LogP contribution in [0.2, 0.25) is 0 Å². The van der Waals surface area contributed by atoms with Gasteiger partial charge in [0.2, 0.25) is 0 Å². The highest BCUT2D eigenvalue weighted by Gasteiger charge is 2.27. The molecule has 2 rings (SSSR count). The zero-order chi connectivity index (χ0) is 13.8. The average molecular weight is 265 g/mol. The zero-order valence-corrected chi connectivity index (χ0v) is 12.4. The van der Waals surface area contributed by atoms with Gasteiger partial charge in [0.1, 0.15) is 0 Å². The number of aromatic nitrogens is 2. The minimum atomic E-state index is 0.275. The van der Waals surface area contributed by atoms with E-state index in [4.69, 9.17) is 5.73 Å². The normalized spacial score (nSPS) is 22.9. The molecule has 19 heavy (non-hydrogen) atoms. The molecule has 1 saturated heterocycles. The van der Waals surface area contributed by atoms with Crippen molar-refractivity contribution >= 4 is 0 Å². The number of likely N-dealkylation sites (tertiary alicyclic amines) is 1. The molecule has 0 spiro atoms. The van der Waals surface area contributed by atoms with Gasteiger partial charge in [-0.1, -0.05) is 0 Å². The first kappa shape index (κ1) is 14.5. The fourth-order valence-electron chi connectivity index (χ4n) is 2.99. The van der Waals surface area contributed by atoms with Crippen LogP contribution in [0.15, 0.2) is 12.4 Å². The predicted octanol–water partition coefficient (Wildman–Crippen LogP) is 0.929. The molecule has 2 heterocycles. The number of rotatable bonds is 5. The molecule has 1 aromatic heterocycles. The van der Waals surface area contributed by atoms with E-state index in [9.17, 15) is 0 Å². The first-order chi connectivity index (χ1) is 9.15. The summed E-state index contributed by atoms with van der Waals surface area (Å²) in [6.45, 7) is 6.01. The molecule has 5 heteroatoms. The SMILES string of the molecule is CCn1cc(C(CN)N(C)C2CCCN(C)C2)cn1. The molecular weight excluding hydrogens is 238 g/mol. The Hall–Kier alpha value is -0.910. The van der Waals surface area contributed by atoms with E-state index in [2.05, 4.69) is 42.1 Å². The molecule has 2 unspecified atom stereocenters. The second-order valence-electron chi connectivity index (χ2n) is 5.60. The minimum absolute atomic E-state index is 0.275. The molecule has 2 N–H and O–H groups in total. The monoisotopic (exact) mass is 265 g/mol. The van der Waals surface area contributed by atoms with Crippen LogP contribution in [0.4, 0.5) is 0 Å². The summed E-state index contributed by atoms with van der Waals surface area (Å²) in [5.41, 5.74) is 7.24.